The lowest BCUT2D eigenvalue weighted by Crippen LogP contribution is -2.31. The molecule has 3 rings (SSSR count). The third-order valence-corrected chi connectivity index (χ3v) is 4.23. The highest BCUT2D eigenvalue weighted by Crippen LogP contribution is 2.15. The number of nitrogens with one attached hydrogen (secondary N) is 1. The summed E-state index contributed by atoms with van der Waals surface area (Å²) in [6.07, 6.45) is 2.22. The Morgan fingerprint density at radius 1 is 1.41 bits per heavy atom. The molecule has 22 heavy (non-hydrogen) atoms. The molecule has 2 heterocycles. The Balaban J connectivity index is 1.48. The van der Waals surface area contributed by atoms with Crippen LogP contribution in [0.1, 0.15) is 28.3 Å². The SMILES string of the molecule is O=C(NCC1CCCO1)c1csc(COc2ccccc2)n1. The number of benzene rings is 1. The molecule has 1 aliphatic heterocycles. The van der Waals surface area contributed by atoms with Gasteiger partial charge in [0.2, 0.25) is 0 Å². The maximum Gasteiger partial charge on any atom is 0.270 e. The molecule has 0 spiro atoms. The predicted molar refractivity (Wildman–Crippen MR) is 84.2 cm³/mol. The smallest absolute Gasteiger partial charge is 0.270 e. The van der Waals surface area contributed by atoms with Gasteiger partial charge >= 0.3 is 0 Å². The van der Waals surface area contributed by atoms with Gasteiger partial charge in [-0.05, 0) is 25.0 Å². The largest absolute Gasteiger partial charge is 0.486 e. The number of amides is 1. The standard InChI is InChI=1S/C16H18N2O3S/c19-16(17-9-13-7-4-8-20-13)14-11-22-15(18-14)10-21-12-5-2-1-3-6-12/h1-3,5-6,11,13H,4,7-10H2,(H,17,19). The number of rotatable bonds is 6. The van der Waals surface area contributed by atoms with Gasteiger partial charge in [0.05, 0.1) is 6.10 Å². The van der Waals surface area contributed by atoms with Gasteiger partial charge in [-0.15, -0.1) is 11.3 Å². The van der Waals surface area contributed by atoms with Crippen molar-refractivity contribution in [2.45, 2.75) is 25.6 Å². The normalized spacial score (nSPS) is 17.4. The summed E-state index contributed by atoms with van der Waals surface area (Å²) < 4.78 is 11.1. The molecule has 1 aliphatic rings. The van der Waals surface area contributed by atoms with E-state index in [1.54, 1.807) is 5.38 Å². The Labute approximate surface area is 133 Å². The highest BCUT2D eigenvalue weighted by molar-refractivity contribution is 7.09. The fourth-order valence-corrected chi connectivity index (χ4v) is 2.93. The van der Waals surface area contributed by atoms with Crippen LogP contribution in [0.2, 0.25) is 0 Å². The fraction of sp³-hybridized carbons (Fsp3) is 0.375. The molecule has 2 aromatic rings. The van der Waals surface area contributed by atoms with E-state index in [1.807, 2.05) is 30.3 Å². The first kappa shape index (κ1) is 15.0. The summed E-state index contributed by atoms with van der Waals surface area (Å²) in [6, 6.07) is 9.56. The molecule has 1 saturated heterocycles. The van der Waals surface area contributed by atoms with E-state index in [-0.39, 0.29) is 12.0 Å². The molecule has 1 fully saturated rings. The molecule has 1 aromatic heterocycles. The van der Waals surface area contributed by atoms with Crippen LogP contribution in [0.5, 0.6) is 5.75 Å². The van der Waals surface area contributed by atoms with Crippen molar-refractivity contribution in [1.29, 1.82) is 0 Å². The minimum Gasteiger partial charge on any atom is -0.486 e. The number of aromatic nitrogens is 1. The van der Waals surface area contributed by atoms with Crippen LogP contribution in [-0.2, 0) is 11.3 Å². The molecular formula is C16H18N2O3S. The predicted octanol–water partition coefficient (Wildman–Crippen LogP) is 2.63. The lowest BCUT2D eigenvalue weighted by molar-refractivity contribution is 0.0854. The number of nitrogens with zero attached hydrogens (tertiary/aromatic N) is 1. The summed E-state index contributed by atoms with van der Waals surface area (Å²) >= 11 is 1.43. The minimum atomic E-state index is -0.155. The number of carbonyl (C=O) groups is 1. The first-order valence-corrected chi connectivity index (χ1v) is 8.21. The Bertz CT molecular complexity index is 609. The highest BCUT2D eigenvalue weighted by Gasteiger charge is 2.17. The maximum absolute atomic E-state index is 12.0. The molecule has 0 aliphatic carbocycles. The van der Waals surface area contributed by atoms with Crippen LogP contribution < -0.4 is 10.1 Å². The Hall–Kier alpha value is -1.92. The van der Waals surface area contributed by atoms with Crippen molar-refractivity contribution >= 4 is 17.2 Å². The summed E-state index contributed by atoms with van der Waals surface area (Å²) in [4.78, 5) is 16.3. The summed E-state index contributed by atoms with van der Waals surface area (Å²) in [5, 5.41) is 5.41. The summed E-state index contributed by atoms with van der Waals surface area (Å²) in [7, 11) is 0. The molecule has 1 N–H and O–H groups in total. The van der Waals surface area contributed by atoms with E-state index in [1.165, 1.54) is 11.3 Å². The molecule has 0 bridgehead atoms. The van der Waals surface area contributed by atoms with Gasteiger partial charge in [0, 0.05) is 18.5 Å². The van der Waals surface area contributed by atoms with Crippen molar-refractivity contribution in [2.75, 3.05) is 13.2 Å². The van der Waals surface area contributed by atoms with Crippen molar-refractivity contribution in [1.82, 2.24) is 10.3 Å². The summed E-state index contributed by atoms with van der Waals surface area (Å²) in [6.45, 7) is 1.71. The van der Waals surface area contributed by atoms with Gasteiger partial charge in [0.25, 0.3) is 5.91 Å². The van der Waals surface area contributed by atoms with E-state index in [9.17, 15) is 4.79 Å². The zero-order chi connectivity index (χ0) is 15.2. The molecule has 1 amide bonds. The van der Waals surface area contributed by atoms with Crippen molar-refractivity contribution in [3.05, 3.63) is 46.4 Å². The van der Waals surface area contributed by atoms with Gasteiger partial charge < -0.3 is 14.8 Å². The molecule has 0 radical (unpaired) electrons. The number of thiazole rings is 1. The Morgan fingerprint density at radius 3 is 3.05 bits per heavy atom. The van der Waals surface area contributed by atoms with E-state index >= 15 is 0 Å². The van der Waals surface area contributed by atoms with E-state index in [4.69, 9.17) is 9.47 Å². The van der Waals surface area contributed by atoms with Crippen LogP contribution in [0.3, 0.4) is 0 Å². The number of ether oxygens (including phenoxy) is 2. The Kier molecular flexibility index (Phi) is 5.03. The zero-order valence-corrected chi connectivity index (χ0v) is 13.0. The van der Waals surface area contributed by atoms with Gasteiger partial charge in [-0.25, -0.2) is 4.98 Å². The molecule has 1 atom stereocenters. The van der Waals surface area contributed by atoms with Crippen LogP contribution >= 0.6 is 11.3 Å². The van der Waals surface area contributed by atoms with Crippen LogP contribution in [0.15, 0.2) is 35.7 Å². The molecule has 1 aromatic carbocycles. The first-order valence-electron chi connectivity index (χ1n) is 7.33. The average Bonchev–Trinajstić information content (AvgIpc) is 3.23. The van der Waals surface area contributed by atoms with Gasteiger partial charge in [-0.3, -0.25) is 4.79 Å². The molecular weight excluding hydrogens is 300 g/mol. The maximum atomic E-state index is 12.0. The average molecular weight is 318 g/mol. The van der Waals surface area contributed by atoms with Crippen LogP contribution in [0.4, 0.5) is 0 Å². The van der Waals surface area contributed by atoms with Crippen molar-refractivity contribution in [2.24, 2.45) is 0 Å². The van der Waals surface area contributed by atoms with Crippen molar-refractivity contribution in [3.8, 4) is 5.75 Å². The number of carbonyl (C=O) groups excluding carboxylic acids is 1. The zero-order valence-electron chi connectivity index (χ0n) is 12.2. The number of hydrogen-bond donors (Lipinski definition) is 1. The van der Waals surface area contributed by atoms with E-state index < -0.39 is 0 Å². The van der Waals surface area contributed by atoms with E-state index in [0.29, 0.717) is 18.8 Å². The Morgan fingerprint density at radius 2 is 2.27 bits per heavy atom. The second-order valence-electron chi connectivity index (χ2n) is 5.07. The molecule has 5 nitrogen and oxygen atoms in total. The third kappa shape index (κ3) is 4.05. The molecule has 0 saturated carbocycles. The van der Waals surface area contributed by atoms with Gasteiger partial charge in [-0.2, -0.15) is 0 Å². The van der Waals surface area contributed by atoms with E-state index in [0.717, 1.165) is 30.2 Å². The molecule has 6 heteroatoms. The van der Waals surface area contributed by atoms with Crippen molar-refractivity contribution in [3.63, 3.8) is 0 Å². The topological polar surface area (TPSA) is 60.5 Å². The lowest BCUT2D eigenvalue weighted by Gasteiger charge is -2.09. The molecule has 116 valence electrons. The number of para-hydroxylation sites is 1. The van der Waals surface area contributed by atoms with Gasteiger partial charge in [-0.1, -0.05) is 18.2 Å². The second-order valence-corrected chi connectivity index (χ2v) is 6.02. The summed E-state index contributed by atoms with van der Waals surface area (Å²) in [5.41, 5.74) is 0.439. The summed E-state index contributed by atoms with van der Waals surface area (Å²) in [5.74, 6) is 0.639. The first-order chi connectivity index (χ1) is 10.8. The van der Waals surface area contributed by atoms with Gasteiger partial charge in [0.15, 0.2) is 0 Å². The lowest BCUT2D eigenvalue weighted by atomic mass is 10.2. The quantitative estimate of drug-likeness (QED) is 0.889. The third-order valence-electron chi connectivity index (χ3n) is 3.40. The highest BCUT2D eigenvalue weighted by atomic mass is 32.1. The van der Waals surface area contributed by atoms with Crippen molar-refractivity contribution < 1.29 is 14.3 Å². The van der Waals surface area contributed by atoms with Crippen LogP contribution in [-0.4, -0.2) is 30.1 Å². The van der Waals surface area contributed by atoms with E-state index in [2.05, 4.69) is 10.3 Å². The van der Waals surface area contributed by atoms with Gasteiger partial charge in [0.1, 0.15) is 23.1 Å². The minimum absolute atomic E-state index is 0.142. The van der Waals surface area contributed by atoms with Crippen LogP contribution in [0, 0.1) is 0 Å². The second kappa shape index (κ2) is 7.38. The number of hydrogen-bond acceptors (Lipinski definition) is 5. The molecule has 1 unspecified atom stereocenters. The fourth-order valence-electron chi connectivity index (χ4n) is 2.25. The van der Waals surface area contributed by atoms with Crippen LogP contribution in [0.25, 0.3) is 0 Å². The monoisotopic (exact) mass is 318 g/mol.